The van der Waals surface area contributed by atoms with Crippen molar-refractivity contribution in [3.63, 3.8) is 0 Å². The van der Waals surface area contributed by atoms with Gasteiger partial charge in [0.25, 0.3) is 0 Å². The van der Waals surface area contributed by atoms with Gasteiger partial charge in [-0.3, -0.25) is 0 Å². The van der Waals surface area contributed by atoms with Crippen molar-refractivity contribution in [1.82, 2.24) is 5.32 Å². The van der Waals surface area contributed by atoms with Crippen molar-refractivity contribution in [2.75, 3.05) is 6.54 Å². The molecule has 0 radical (unpaired) electrons. The predicted octanol–water partition coefficient (Wildman–Crippen LogP) is 2.62. The Morgan fingerprint density at radius 1 is 1.50 bits per heavy atom. The van der Waals surface area contributed by atoms with Crippen LogP contribution in [0.4, 0.5) is 0 Å². The van der Waals surface area contributed by atoms with E-state index in [0.29, 0.717) is 0 Å². The Balaban J connectivity index is 2.35. The second-order valence-corrected chi connectivity index (χ2v) is 6.59. The van der Waals surface area contributed by atoms with Gasteiger partial charge >= 0.3 is 0 Å². The molecule has 4 nitrogen and oxygen atoms in total. The average molecular weight is 269 g/mol. The molecule has 0 atom stereocenters. The van der Waals surface area contributed by atoms with Crippen molar-refractivity contribution in [2.45, 2.75) is 40.7 Å². The van der Waals surface area contributed by atoms with Gasteiger partial charge in [0.2, 0.25) is 0 Å². The molecule has 1 rings (SSSR count). The van der Waals surface area contributed by atoms with Gasteiger partial charge in [0.15, 0.2) is 0 Å². The zero-order valence-electron chi connectivity index (χ0n) is 11.6. The van der Waals surface area contributed by atoms with Gasteiger partial charge in [-0.25, -0.2) is 0 Å². The third-order valence-electron chi connectivity index (χ3n) is 3.24. The largest absolute Gasteiger partial charge is 0.409 e. The number of nitrogens with two attached hydrogens (primary N) is 1. The Hall–Kier alpha value is -1.07. The molecule has 0 bridgehead atoms. The molecule has 0 spiro atoms. The van der Waals surface area contributed by atoms with Gasteiger partial charge in [0.1, 0.15) is 5.84 Å². The maximum absolute atomic E-state index is 8.68. The zero-order valence-corrected chi connectivity index (χ0v) is 12.4. The van der Waals surface area contributed by atoms with E-state index in [0.717, 1.165) is 19.5 Å². The molecule has 5 heteroatoms. The van der Waals surface area contributed by atoms with Crippen LogP contribution in [0.1, 0.15) is 35.6 Å². The Morgan fingerprint density at radius 3 is 2.67 bits per heavy atom. The first-order valence-corrected chi connectivity index (χ1v) is 6.93. The number of amidine groups is 1. The second-order valence-electron chi connectivity index (χ2n) is 5.25. The number of rotatable bonds is 6. The molecule has 0 amide bonds. The van der Waals surface area contributed by atoms with E-state index < -0.39 is 0 Å². The monoisotopic (exact) mass is 269 g/mol. The molecule has 102 valence electrons. The first-order valence-electron chi connectivity index (χ1n) is 6.11. The van der Waals surface area contributed by atoms with Crippen molar-refractivity contribution < 1.29 is 5.21 Å². The minimum Gasteiger partial charge on any atom is -0.409 e. The maximum atomic E-state index is 8.68. The Morgan fingerprint density at radius 2 is 2.17 bits per heavy atom. The molecule has 1 aromatic rings. The van der Waals surface area contributed by atoms with Crippen LogP contribution in [0.2, 0.25) is 0 Å². The number of thiophene rings is 1. The summed E-state index contributed by atoms with van der Waals surface area (Å²) in [5, 5.41) is 15.2. The average Bonchev–Trinajstić information content (AvgIpc) is 2.63. The molecular formula is C13H23N3OS. The lowest BCUT2D eigenvalue weighted by Gasteiger charge is -2.22. The Bertz CT molecular complexity index is 404. The Labute approximate surface area is 113 Å². The summed E-state index contributed by atoms with van der Waals surface area (Å²) in [4.78, 5) is 2.73. The summed E-state index contributed by atoms with van der Waals surface area (Å²) in [6.45, 7) is 9.96. The number of nitrogens with zero attached hydrogens (tertiary/aromatic N) is 1. The van der Waals surface area contributed by atoms with Crippen molar-refractivity contribution in [3.8, 4) is 0 Å². The van der Waals surface area contributed by atoms with Crippen LogP contribution < -0.4 is 11.1 Å². The van der Waals surface area contributed by atoms with Crippen LogP contribution in [0.3, 0.4) is 0 Å². The van der Waals surface area contributed by atoms with Crippen molar-refractivity contribution in [2.24, 2.45) is 16.3 Å². The Kier molecular flexibility index (Phi) is 5.16. The fourth-order valence-electron chi connectivity index (χ4n) is 1.61. The molecule has 0 aromatic carbocycles. The minimum atomic E-state index is -0.275. The van der Waals surface area contributed by atoms with Crippen LogP contribution in [0.5, 0.6) is 0 Å². The second kappa shape index (κ2) is 6.20. The van der Waals surface area contributed by atoms with Gasteiger partial charge in [-0.1, -0.05) is 19.0 Å². The quantitative estimate of drug-likeness (QED) is 0.244. The van der Waals surface area contributed by atoms with E-state index in [1.165, 1.54) is 15.3 Å². The summed E-state index contributed by atoms with van der Waals surface area (Å²) in [5.74, 6) is 0.284. The number of hydrogen-bond donors (Lipinski definition) is 3. The van der Waals surface area contributed by atoms with Crippen molar-refractivity contribution >= 4 is 17.2 Å². The summed E-state index contributed by atoms with van der Waals surface area (Å²) in [5.41, 5.74) is 6.72. The first kappa shape index (κ1) is 15.0. The SMILES string of the molecule is Cc1cc(CNCCC(C)(C)C(N)=NO)sc1C. The standard InChI is InChI=1S/C13H23N3OS/c1-9-7-11(18-10(9)2)8-15-6-5-13(3,4)12(14)16-17/h7,15,17H,5-6,8H2,1-4H3,(H2,14,16). The number of aryl methyl sites for hydroxylation is 2. The zero-order chi connectivity index (χ0) is 13.8. The van der Waals surface area contributed by atoms with Gasteiger partial charge in [-0.05, 0) is 38.4 Å². The topological polar surface area (TPSA) is 70.6 Å². The van der Waals surface area contributed by atoms with E-state index >= 15 is 0 Å². The molecule has 0 unspecified atom stereocenters. The van der Waals surface area contributed by atoms with E-state index in [4.69, 9.17) is 10.9 Å². The molecule has 0 fully saturated rings. The lowest BCUT2D eigenvalue weighted by molar-refractivity contribution is 0.305. The van der Waals surface area contributed by atoms with Crippen LogP contribution in [-0.4, -0.2) is 17.6 Å². The van der Waals surface area contributed by atoms with Crippen LogP contribution >= 0.6 is 11.3 Å². The van der Waals surface area contributed by atoms with Crippen LogP contribution in [0.15, 0.2) is 11.2 Å². The van der Waals surface area contributed by atoms with E-state index in [9.17, 15) is 0 Å². The molecule has 0 saturated heterocycles. The van der Waals surface area contributed by atoms with Crippen LogP contribution in [0, 0.1) is 19.3 Å². The highest BCUT2D eigenvalue weighted by atomic mass is 32.1. The summed E-state index contributed by atoms with van der Waals surface area (Å²) in [7, 11) is 0. The van der Waals surface area contributed by atoms with Gasteiger partial charge < -0.3 is 16.3 Å². The number of nitrogens with one attached hydrogen (secondary N) is 1. The first-order chi connectivity index (χ1) is 8.36. The molecule has 0 aliphatic heterocycles. The highest BCUT2D eigenvalue weighted by molar-refractivity contribution is 7.12. The van der Waals surface area contributed by atoms with E-state index in [2.05, 4.69) is 30.4 Å². The molecule has 0 aliphatic rings. The van der Waals surface area contributed by atoms with Gasteiger partial charge in [0.05, 0.1) is 0 Å². The summed E-state index contributed by atoms with van der Waals surface area (Å²) >= 11 is 1.83. The summed E-state index contributed by atoms with van der Waals surface area (Å²) < 4.78 is 0. The number of hydrogen-bond acceptors (Lipinski definition) is 4. The summed E-state index contributed by atoms with van der Waals surface area (Å²) in [6, 6.07) is 2.22. The lowest BCUT2D eigenvalue weighted by atomic mass is 9.88. The fourth-order valence-corrected chi connectivity index (χ4v) is 2.64. The third kappa shape index (κ3) is 3.99. The number of oxime groups is 1. The predicted molar refractivity (Wildman–Crippen MR) is 77.3 cm³/mol. The minimum absolute atomic E-state index is 0.275. The molecule has 4 N–H and O–H groups in total. The lowest BCUT2D eigenvalue weighted by Crippen LogP contribution is -2.34. The summed E-state index contributed by atoms with van der Waals surface area (Å²) in [6.07, 6.45) is 0.840. The molecule has 18 heavy (non-hydrogen) atoms. The maximum Gasteiger partial charge on any atom is 0.144 e. The molecule has 0 aliphatic carbocycles. The smallest absolute Gasteiger partial charge is 0.144 e. The van der Waals surface area contributed by atoms with Crippen molar-refractivity contribution in [3.05, 3.63) is 21.4 Å². The third-order valence-corrected chi connectivity index (χ3v) is 4.40. The van der Waals surface area contributed by atoms with Gasteiger partial charge in [-0.15, -0.1) is 11.3 Å². The molecule has 0 saturated carbocycles. The van der Waals surface area contributed by atoms with Crippen molar-refractivity contribution in [1.29, 1.82) is 0 Å². The molecule has 1 aromatic heterocycles. The molecule has 1 heterocycles. The van der Waals surface area contributed by atoms with E-state index in [1.807, 2.05) is 25.2 Å². The van der Waals surface area contributed by atoms with Gasteiger partial charge in [-0.2, -0.15) is 0 Å². The highest BCUT2D eigenvalue weighted by Gasteiger charge is 2.22. The fraction of sp³-hybridized carbons (Fsp3) is 0.615. The molecular weight excluding hydrogens is 246 g/mol. The van der Waals surface area contributed by atoms with E-state index in [-0.39, 0.29) is 11.3 Å². The van der Waals surface area contributed by atoms with Gasteiger partial charge in [0, 0.05) is 21.7 Å². The van der Waals surface area contributed by atoms with E-state index in [1.54, 1.807) is 0 Å². The van der Waals surface area contributed by atoms with Crippen LogP contribution in [0.25, 0.3) is 0 Å². The normalized spacial score (nSPS) is 13.0. The van der Waals surface area contributed by atoms with Crippen LogP contribution in [-0.2, 0) is 6.54 Å². The highest BCUT2D eigenvalue weighted by Crippen LogP contribution is 2.21.